The van der Waals surface area contributed by atoms with Crippen LogP contribution in [0.2, 0.25) is 0 Å². The Kier molecular flexibility index (Phi) is 4.52. The summed E-state index contributed by atoms with van der Waals surface area (Å²) in [6, 6.07) is 0. The average molecular weight is 220 g/mol. The molecule has 0 saturated heterocycles. The van der Waals surface area contributed by atoms with Crippen LogP contribution in [0.15, 0.2) is 24.3 Å². The number of hydrogen-bond acceptors (Lipinski definition) is 1. The lowest BCUT2D eigenvalue weighted by Crippen LogP contribution is -2.14. The second kappa shape index (κ2) is 5.47. The van der Waals surface area contributed by atoms with Crippen LogP contribution in [-0.2, 0) is 4.79 Å². The highest BCUT2D eigenvalue weighted by Gasteiger charge is 2.23. The molecule has 0 aromatic rings. The van der Waals surface area contributed by atoms with E-state index in [4.69, 9.17) is 0 Å². The number of hydrogen-bond donors (Lipinski definition) is 0. The van der Waals surface area contributed by atoms with Crippen LogP contribution >= 0.6 is 0 Å². The molecule has 0 radical (unpaired) electrons. The topological polar surface area (TPSA) is 17.1 Å². The summed E-state index contributed by atoms with van der Waals surface area (Å²) >= 11 is 0. The van der Waals surface area contributed by atoms with Crippen LogP contribution in [0.4, 0.5) is 0 Å². The Hall–Kier alpha value is -0.850. The van der Waals surface area contributed by atoms with Crippen molar-refractivity contribution in [3.63, 3.8) is 0 Å². The van der Waals surface area contributed by atoms with Crippen molar-refractivity contribution in [3.05, 3.63) is 24.3 Å². The summed E-state index contributed by atoms with van der Waals surface area (Å²) in [6.07, 6.45) is 9.18. The zero-order valence-corrected chi connectivity index (χ0v) is 10.9. The molecule has 1 rings (SSSR count). The van der Waals surface area contributed by atoms with Gasteiger partial charge in [0.2, 0.25) is 0 Å². The van der Waals surface area contributed by atoms with Crippen molar-refractivity contribution in [3.8, 4) is 0 Å². The first-order valence-electron chi connectivity index (χ1n) is 6.28. The van der Waals surface area contributed by atoms with Crippen molar-refractivity contribution in [2.45, 2.75) is 52.9 Å². The largest absolute Gasteiger partial charge is 0.295 e. The molecule has 0 aromatic heterocycles. The molecule has 1 aliphatic carbocycles. The van der Waals surface area contributed by atoms with E-state index in [0.717, 1.165) is 6.42 Å². The number of carbonyl (C=O) groups excluding carboxylic acids is 1. The second-order valence-electron chi connectivity index (χ2n) is 5.85. The zero-order chi connectivity index (χ0) is 12.2. The summed E-state index contributed by atoms with van der Waals surface area (Å²) in [6.45, 7) is 10.3. The normalized spacial score (nSPS) is 22.2. The van der Waals surface area contributed by atoms with E-state index in [9.17, 15) is 4.79 Å². The molecule has 1 atom stereocenters. The zero-order valence-electron chi connectivity index (χ0n) is 10.9. The number of carbonyl (C=O) groups is 1. The lowest BCUT2D eigenvalue weighted by molar-refractivity contribution is -0.115. The Bertz CT molecular complexity index is 291. The van der Waals surface area contributed by atoms with Gasteiger partial charge in [-0.15, -0.1) is 0 Å². The van der Waals surface area contributed by atoms with E-state index in [1.54, 1.807) is 0 Å². The maximum atomic E-state index is 11.4. The van der Waals surface area contributed by atoms with Crippen molar-refractivity contribution < 1.29 is 4.79 Å². The quantitative estimate of drug-likeness (QED) is 0.512. The molecular formula is C15H24O. The molecule has 0 heterocycles. The van der Waals surface area contributed by atoms with Crippen molar-refractivity contribution in [1.29, 1.82) is 0 Å². The fourth-order valence-electron chi connectivity index (χ4n) is 2.33. The van der Waals surface area contributed by atoms with Gasteiger partial charge in [0.1, 0.15) is 0 Å². The third-order valence-corrected chi connectivity index (χ3v) is 3.40. The smallest absolute Gasteiger partial charge is 0.155 e. The summed E-state index contributed by atoms with van der Waals surface area (Å²) < 4.78 is 0. The number of ketones is 1. The van der Waals surface area contributed by atoms with Gasteiger partial charge >= 0.3 is 0 Å². The van der Waals surface area contributed by atoms with Gasteiger partial charge in [0.25, 0.3) is 0 Å². The minimum absolute atomic E-state index is 0.195. The van der Waals surface area contributed by atoms with Gasteiger partial charge in [0, 0.05) is 6.42 Å². The van der Waals surface area contributed by atoms with Crippen LogP contribution in [-0.4, -0.2) is 5.78 Å². The summed E-state index contributed by atoms with van der Waals surface area (Å²) in [5.74, 6) is 0.721. The van der Waals surface area contributed by atoms with Crippen molar-refractivity contribution in [2.75, 3.05) is 0 Å². The minimum Gasteiger partial charge on any atom is -0.295 e. The van der Waals surface area contributed by atoms with E-state index in [1.165, 1.54) is 30.9 Å². The minimum atomic E-state index is 0.195. The Labute approximate surface area is 99.6 Å². The van der Waals surface area contributed by atoms with E-state index in [-0.39, 0.29) is 11.2 Å². The lowest BCUT2D eigenvalue weighted by Gasteiger charge is -2.25. The van der Waals surface area contributed by atoms with Gasteiger partial charge < -0.3 is 0 Å². The number of rotatable bonds is 3. The molecule has 1 heteroatoms. The Balaban J connectivity index is 2.66. The molecule has 0 aromatic carbocycles. The third kappa shape index (κ3) is 3.96. The fraction of sp³-hybridized carbons (Fsp3) is 0.667. The average Bonchev–Trinajstić information content (AvgIpc) is 2.42. The van der Waals surface area contributed by atoms with E-state index < -0.39 is 0 Å². The highest BCUT2D eigenvalue weighted by atomic mass is 16.1. The van der Waals surface area contributed by atoms with Crippen LogP contribution < -0.4 is 0 Å². The molecule has 1 aliphatic rings. The monoisotopic (exact) mass is 220 g/mol. The molecule has 0 fully saturated rings. The van der Waals surface area contributed by atoms with Gasteiger partial charge in [-0.3, -0.25) is 4.79 Å². The highest BCUT2D eigenvalue weighted by Crippen LogP contribution is 2.36. The summed E-state index contributed by atoms with van der Waals surface area (Å²) in [7, 11) is 0. The standard InChI is InChI=1S/C15H24O/c1-5-14(16)11-12-8-6-7-9-13(10-12)15(2,3)4/h5,9,12H,1,6-8,10-11H2,2-4H3. The molecular weight excluding hydrogens is 196 g/mol. The van der Waals surface area contributed by atoms with Gasteiger partial charge in [-0.05, 0) is 43.1 Å². The Morgan fingerprint density at radius 2 is 2.25 bits per heavy atom. The molecule has 1 nitrogen and oxygen atoms in total. The van der Waals surface area contributed by atoms with E-state index in [2.05, 4.69) is 33.4 Å². The summed E-state index contributed by atoms with van der Waals surface area (Å²) in [4.78, 5) is 11.4. The molecule has 16 heavy (non-hydrogen) atoms. The Morgan fingerprint density at radius 1 is 1.56 bits per heavy atom. The molecule has 90 valence electrons. The van der Waals surface area contributed by atoms with Gasteiger partial charge in [-0.1, -0.05) is 39.0 Å². The number of allylic oxidation sites excluding steroid dienone is 3. The molecule has 0 bridgehead atoms. The van der Waals surface area contributed by atoms with Crippen LogP contribution in [0.1, 0.15) is 52.9 Å². The van der Waals surface area contributed by atoms with Gasteiger partial charge in [-0.25, -0.2) is 0 Å². The van der Waals surface area contributed by atoms with Crippen molar-refractivity contribution in [2.24, 2.45) is 11.3 Å². The van der Waals surface area contributed by atoms with Crippen LogP contribution in [0.3, 0.4) is 0 Å². The van der Waals surface area contributed by atoms with Crippen LogP contribution in [0.25, 0.3) is 0 Å². The van der Waals surface area contributed by atoms with Crippen molar-refractivity contribution >= 4 is 5.78 Å². The van der Waals surface area contributed by atoms with Crippen LogP contribution in [0, 0.1) is 11.3 Å². The predicted molar refractivity (Wildman–Crippen MR) is 69.3 cm³/mol. The first-order valence-corrected chi connectivity index (χ1v) is 6.28. The predicted octanol–water partition coefficient (Wildman–Crippen LogP) is 4.29. The van der Waals surface area contributed by atoms with Crippen molar-refractivity contribution in [1.82, 2.24) is 0 Å². The first-order chi connectivity index (χ1) is 7.43. The third-order valence-electron chi connectivity index (χ3n) is 3.40. The molecule has 0 N–H and O–H groups in total. The molecule has 1 unspecified atom stereocenters. The second-order valence-corrected chi connectivity index (χ2v) is 5.85. The van der Waals surface area contributed by atoms with Gasteiger partial charge in [0.05, 0.1) is 0 Å². The molecule has 0 saturated carbocycles. The van der Waals surface area contributed by atoms with Gasteiger partial charge in [-0.2, -0.15) is 0 Å². The van der Waals surface area contributed by atoms with Crippen LogP contribution in [0.5, 0.6) is 0 Å². The fourth-order valence-corrected chi connectivity index (χ4v) is 2.33. The van der Waals surface area contributed by atoms with E-state index in [1.807, 2.05) is 0 Å². The maximum absolute atomic E-state index is 11.4. The van der Waals surface area contributed by atoms with Gasteiger partial charge in [0.15, 0.2) is 5.78 Å². The SMILES string of the molecule is C=CC(=O)CC1CCCC=C(C(C)(C)C)C1. The summed E-state index contributed by atoms with van der Waals surface area (Å²) in [5.41, 5.74) is 1.77. The maximum Gasteiger partial charge on any atom is 0.155 e. The molecule has 0 amide bonds. The Morgan fingerprint density at radius 3 is 2.81 bits per heavy atom. The van der Waals surface area contributed by atoms with E-state index >= 15 is 0 Å². The lowest BCUT2D eigenvalue weighted by atomic mass is 9.80. The first kappa shape index (κ1) is 13.2. The molecule has 0 aliphatic heterocycles. The van der Waals surface area contributed by atoms with E-state index in [0.29, 0.717) is 12.3 Å². The molecule has 0 spiro atoms. The highest BCUT2D eigenvalue weighted by molar-refractivity contribution is 5.89. The summed E-state index contributed by atoms with van der Waals surface area (Å²) in [5, 5.41) is 0.